The molecule has 0 spiro atoms. The van der Waals surface area contributed by atoms with Crippen LogP contribution in [0.4, 0.5) is 5.69 Å². The lowest BCUT2D eigenvalue weighted by atomic mass is 10.3. The first-order valence-electron chi connectivity index (χ1n) is 3.04. The lowest BCUT2D eigenvalue weighted by Crippen LogP contribution is -2.01. The molecule has 4 nitrogen and oxygen atoms in total. The predicted octanol–water partition coefficient (Wildman–Crippen LogP) is 0.507. The van der Waals surface area contributed by atoms with Crippen LogP contribution >= 0.6 is 0 Å². The first-order chi connectivity index (χ1) is 5.36. The molecule has 0 saturated heterocycles. The number of carbonyl (C=O) groups is 1. The second kappa shape index (κ2) is 3.58. The zero-order valence-corrected chi connectivity index (χ0v) is 5.78. The van der Waals surface area contributed by atoms with Crippen LogP contribution in [0.5, 0.6) is 5.75 Å². The quantitative estimate of drug-likeness (QED) is 0.490. The average Bonchev–Trinajstić information content (AvgIpc) is 2.07. The maximum Gasteiger partial charge on any atom is 0.211 e. The van der Waals surface area contributed by atoms with Crippen molar-refractivity contribution in [2.24, 2.45) is 5.90 Å². The summed E-state index contributed by atoms with van der Waals surface area (Å²) in [5, 5.41) is 2.48. The highest BCUT2D eigenvalue weighted by atomic mass is 16.6. The maximum atomic E-state index is 9.96. The topological polar surface area (TPSA) is 64.3 Å². The van der Waals surface area contributed by atoms with E-state index in [0.717, 1.165) is 0 Å². The Morgan fingerprint density at radius 2 is 2.00 bits per heavy atom. The Morgan fingerprint density at radius 1 is 1.36 bits per heavy atom. The fourth-order valence-corrected chi connectivity index (χ4v) is 0.698. The highest BCUT2D eigenvalue weighted by Crippen LogP contribution is 2.13. The predicted molar refractivity (Wildman–Crippen MR) is 40.9 cm³/mol. The molecule has 1 amide bonds. The number of hydrogen-bond donors (Lipinski definition) is 2. The van der Waals surface area contributed by atoms with Gasteiger partial charge in [-0.05, 0) is 24.3 Å². The lowest BCUT2D eigenvalue weighted by Gasteiger charge is -1.99. The first-order valence-corrected chi connectivity index (χ1v) is 3.04. The normalized spacial score (nSPS) is 8.82. The van der Waals surface area contributed by atoms with Crippen LogP contribution in [0, 0.1) is 0 Å². The third-order valence-electron chi connectivity index (χ3n) is 1.22. The molecular formula is C7H8N2O2. The van der Waals surface area contributed by atoms with E-state index in [-0.39, 0.29) is 0 Å². The summed E-state index contributed by atoms with van der Waals surface area (Å²) in [5.74, 6) is 5.44. The van der Waals surface area contributed by atoms with Crippen molar-refractivity contribution in [1.82, 2.24) is 0 Å². The summed E-state index contributed by atoms with van der Waals surface area (Å²) in [5.41, 5.74) is 0.709. The van der Waals surface area contributed by atoms with Crippen molar-refractivity contribution >= 4 is 12.1 Å². The SMILES string of the molecule is NOc1ccc(NC=O)cc1. The van der Waals surface area contributed by atoms with Crippen molar-refractivity contribution < 1.29 is 9.63 Å². The van der Waals surface area contributed by atoms with Gasteiger partial charge in [0.15, 0.2) is 0 Å². The second-order valence-electron chi connectivity index (χ2n) is 1.90. The molecule has 11 heavy (non-hydrogen) atoms. The van der Waals surface area contributed by atoms with Gasteiger partial charge >= 0.3 is 0 Å². The number of carbonyl (C=O) groups excluding carboxylic acids is 1. The molecule has 0 fully saturated rings. The van der Waals surface area contributed by atoms with E-state index >= 15 is 0 Å². The fourth-order valence-electron chi connectivity index (χ4n) is 0.698. The molecule has 0 unspecified atom stereocenters. The first kappa shape index (κ1) is 7.56. The Labute approximate surface area is 63.9 Å². The van der Waals surface area contributed by atoms with Crippen molar-refractivity contribution in [3.8, 4) is 5.75 Å². The second-order valence-corrected chi connectivity index (χ2v) is 1.90. The van der Waals surface area contributed by atoms with E-state index in [9.17, 15) is 4.79 Å². The number of rotatable bonds is 3. The molecule has 0 heterocycles. The monoisotopic (exact) mass is 152 g/mol. The molecule has 3 N–H and O–H groups in total. The average molecular weight is 152 g/mol. The molecule has 0 aromatic heterocycles. The molecular weight excluding hydrogens is 144 g/mol. The van der Waals surface area contributed by atoms with Gasteiger partial charge in [0.25, 0.3) is 0 Å². The van der Waals surface area contributed by atoms with Gasteiger partial charge in [0.05, 0.1) is 0 Å². The van der Waals surface area contributed by atoms with Crippen LogP contribution in [0.15, 0.2) is 24.3 Å². The molecule has 1 rings (SSSR count). The molecule has 58 valence electrons. The third-order valence-corrected chi connectivity index (χ3v) is 1.22. The van der Waals surface area contributed by atoms with Gasteiger partial charge in [0.1, 0.15) is 5.75 Å². The molecule has 0 saturated carbocycles. The molecule has 0 aliphatic rings. The molecule has 0 atom stereocenters. The Hall–Kier alpha value is -1.55. The standard InChI is InChI=1S/C7H8N2O2/c8-11-7-3-1-6(2-4-7)9-5-10/h1-5H,8H2,(H,9,10). The van der Waals surface area contributed by atoms with E-state index in [4.69, 9.17) is 5.90 Å². The van der Waals surface area contributed by atoms with E-state index in [1.165, 1.54) is 0 Å². The van der Waals surface area contributed by atoms with Gasteiger partial charge in [0, 0.05) is 5.69 Å². The van der Waals surface area contributed by atoms with E-state index in [2.05, 4.69) is 10.2 Å². The van der Waals surface area contributed by atoms with Gasteiger partial charge in [0.2, 0.25) is 6.41 Å². The van der Waals surface area contributed by atoms with Crippen molar-refractivity contribution in [2.75, 3.05) is 5.32 Å². The van der Waals surface area contributed by atoms with Crippen LogP contribution in [0.1, 0.15) is 0 Å². The minimum absolute atomic E-state index is 0.557. The van der Waals surface area contributed by atoms with Gasteiger partial charge < -0.3 is 10.2 Å². The smallest absolute Gasteiger partial charge is 0.211 e. The van der Waals surface area contributed by atoms with Crippen molar-refractivity contribution in [1.29, 1.82) is 0 Å². The summed E-state index contributed by atoms with van der Waals surface area (Å²) in [4.78, 5) is 14.4. The highest BCUT2D eigenvalue weighted by Gasteiger charge is 1.90. The number of nitrogens with one attached hydrogen (secondary N) is 1. The van der Waals surface area contributed by atoms with Crippen LogP contribution < -0.4 is 16.1 Å². The minimum atomic E-state index is 0.557. The van der Waals surface area contributed by atoms with E-state index in [1.54, 1.807) is 24.3 Å². The number of hydrogen-bond acceptors (Lipinski definition) is 3. The Kier molecular flexibility index (Phi) is 2.46. The third kappa shape index (κ3) is 1.94. The lowest BCUT2D eigenvalue weighted by molar-refractivity contribution is -0.105. The van der Waals surface area contributed by atoms with Crippen LogP contribution in [0.25, 0.3) is 0 Å². The summed E-state index contributed by atoms with van der Waals surface area (Å²) >= 11 is 0. The fraction of sp³-hybridized carbons (Fsp3) is 0. The number of amides is 1. The zero-order chi connectivity index (χ0) is 8.10. The van der Waals surface area contributed by atoms with Gasteiger partial charge in [-0.2, -0.15) is 5.90 Å². The van der Waals surface area contributed by atoms with Crippen molar-refractivity contribution in [3.05, 3.63) is 24.3 Å². The Morgan fingerprint density at radius 3 is 2.45 bits per heavy atom. The molecule has 4 heteroatoms. The van der Waals surface area contributed by atoms with E-state index in [0.29, 0.717) is 17.8 Å². The van der Waals surface area contributed by atoms with E-state index in [1.807, 2.05) is 0 Å². The summed E-state index contributed by atoms with van der Waals surface area (Å²) in [6.07, 6.45) is 0.609. The summed E-state index contributed by atoms with van der Waals surface area (Å²) in [7, 11) is 0. The van der Waals surface area contributed by atoms with Gasteiger partial charge in [-0.3, -0.25) is 4.79 Å². The molecule has 1 aromatic rings. The molecule has 0 bridgehead atoms. The van der Waals surface area contributed by atoms with Crippen LogP contribution in [-0.4, -0.2) is 6.41 Å². The molecule has 0 aliphatic heterocycles. The largest absolute Gasteiger partial charge is 0.412 e. The molecule has 1 aromatic carbocycles. The summed E-state index contributed by atoms with van der Waals surface area (Å²) in [6.45, 7) is 0. The summed E-state index contributed by atoms with van der Waals surface area (Å²) in [6, 6.07) is 6.70. The maximum absolute atomic E-state index is 9.96. The Balaban J connectivity index is 2.74. The van der Waals surface area contributed by atoms with Crippen LogP contribution in [0.3, 0.4) is 0 Å². The summed E-state index contributed by atoms with van der Waals surface area (Å²) < 4.78 is 0. The minimum Gasteiger partial charge on any atom is -0.412 e. The van der Waals surface area contributed by atoms with Crippen molar-refractivity contribution in [3.63, 3.8) is 0 Å². The van der Waals surface area contributed by atoms with E-state index < -0.39 is 0 Å². The Bertz CT molecular complexity index is 233. The molecule has 0 radical (unpaired) electrons. The molecule has 0 aliphatic carbocycles. The zero-order valence-electron chi connectivity index (χ0n) is 5.78. The van der Waals surface area contributed by atoms with Crippen LogP contribution in [0.2, 0.25) is 0 Å². The number of nitrogens with two attached hydrogens (primary N) is 1. The van der Waals surface area contributed by atoms with Crippen LogP contribution in [-0.2, 0) is 4.79 Å². The van der Waals surface area contributed by atoms with Crippen molar-refractivity contribution in [2.45, 2.75) is 0 Å². The van der Waals surface area contributed by atoms with Gasteiger partial charge in [-0.15, -0.1) is 0 Å². The number of benzene rings is 1. The number of anilines is 1. The highest BCUT2D eigenvalue weighted by molar-refractivity contribution is 5.71. The van der Waals surface area contributed by atoms with Gasteiger partial charge in [-0.1, -0.05) is 0 Å². The van der Waals surface area contributed by atoms with Gasteiger partial charge in [-0.25, -0.2) is 0 Å².